The van der Waals surface area contributed by atoms with Gasteiger partial charge in [-0.25, -0.2) is 0 Å². The fourth-order valence-electron chi connectivity index (χ4n) is 2.34. The van der Waals surface area contributed by atoms with Crippen LogP contribution in [0.4, 0.5) is 0 Å². The van der Waals surface area contributed by atoms with Crippen LogP contribution in [0.5, 0.6) is 0 Å². The second-order valence-corrected chi connectivity index (χ2v) is 7.80. The van der Waals surface area contributed by atoms with Crippen LogP contribution in [0.3, 0.4) is 0 Å². The van der Waals surface area contributed by atoms with Crippen molar-refractivity contribution in [2.24, 2.45) is 5.16 Å². The zero-order valence-corrected chi connectivity index (χ0v) is 15.2. The summed E-state index contributed by atoms with van der Waals surface area (Å²) in [6.07, 6.45) is 3.33. The predicted molar refractivity (Wildman–Crippen MR) is 98.1 cm³/mol. The van der Waals surface area contributed by atoms with E-state index in [-0.39, 0.29) is 12.2 Å². The van der Waals surface area contributed by atoms with Crippen molar-refractivity contribution >= 4 is 38.8 Å². The highest BCUT2D eigenvalue weighted by Crippen LogP contribution is 2.33. The molecule has 1 heterocycles. The Morgan fingerprint density at radius 1 is 1.33 bits per heavy atom. The molecule has 0 atom stereocenters. The first kappa shape index (κ1) is 18.5. The number of benzene rings is 1. The minimum atomic E-state index is -3.67. The lowest BCUT2D eigenvalue weighted by atomic mass is 9.94. The largest absolute Gasteiger partial charge is 0.328 e. The van der Waals surface area contributed by atoms with E-state index in [2.05, 4.69) is 5.16 Å². The van der Waals surface area contributed by atoms with Crippen molar-refractivity contribution in [1.82, 2.24) is 0 Å². The highest BCUT2D eigenvalue weighted by molar-refractivity contribution is 8.17. The molecule has 1 aromatic carbocycles. The molecular formula is C17H19NO4S2. The first-order valence-electron chi connectivity index (χ1n) is 7.54. The van der Waals surface area contributed by atoms with E-state index < -0.39 is 10.1 Å². The van der Waals surface area contributed by atoms with Crippen molar-refractivity contribution < 1.29 is 17.5 Å². The van der Waals surface area contributed by atoms with E-state index in [0.29, 0.717) is 17.0 Å². The van der Waals surface area contributed by atoms with Crippen molar-refractivity contribution in [3.63, 3.8) is 0 Å². The van der Waals surface area contributed by atoms with Gasteiger partial charge in [0.15, 0.2) is 0 Å². The number of carbonyl (C=O) groups is 1. The van der Waals surface area contributed by atoms with Gasteiger partial charge in [-0.3, -0.25) is 4.28 Å². The van der Waals surface area contributed by atoms with Crippen molar-refractivity contribution in [1.29, 1.82) is 0 Å². The molecule has 0 saturated carbocycles. The average Bonchev–Trinajstić information content (AvgIpc) is 3.00. The van der Waals surface area contributed by atoms with Gasteiger partial charge in [0.25, 0.3) is 0 Å². The molecule has 0 unspecified atom stereocenters. The molecule has 5 nitrogen and oxygen atoms in total. The SMILES string of the molecule is CCCS(=O)(=O)ON=C1SC=CC1=C(CC=O)c1ccccc1C. The number of oxime groups is 1. The number of allylic oxidation sites excluding steroid dienone is 2. The van der Waals surface area contributed by atoms with E-state index in [4.69, 9.17) is 4.28 Å². The van der Waals surface area contributed by atoms with E-state index in [1.165, 1.54) is 11.8 Å². The minimum Gasteiger partial charge on any atom is -0.303 e. The number of rotatable bonds is 7. The van der Waals surface area contributed by atoms with Gasteiger partial charge in [-0.2, -0.15) is 8.42 Å². The third-order valence-electron chi connectivity index (χ3n) is 3.42. The summed E-state index contributed by atoms with van der Waals surface area (Å²) in [6, 6.07) is 7.73. The second-order valence-electron chi connectivity index (χ2n) is 5.23. The van der Waals surface area contributed by atoms with Gasteiger partial charge in [-0.15, -0.1) is 0 Å². The summed E-state index contributed by atoms with van der Waals surface area (Å²) >= 11 is 1.27. The summed E-state index contributed by atoms with van der Waals surface area (Å²) in [5.74, 6) is -0.0834. The van der Waals surface area contributed by atoms with Crippen molar-refractivity contribution in [2.45, 2.75) is 26.7 Å². The maximum atomic E-state index is 11.7. The Hall–Kier alpha value is -1.86. The van der Waals surface area contributed by atoms with E-state index >= 15 is 0 Å². The molecule has 0 amide bonds. The molecule has 0 bridgehead atoms. The van der Waals surface area contributed by atoms with Gasteiger partial charge < -0.3 is 4.79 Å². The van der Waals surface area contributed by atoms with Gasteiger partial charge in [-0.1, -0.05) is 48.1 Å². The zero-order chi connectivity index (χ0) is 17.6. The van der Waals surface area contributed by atoms with Gasteiger partial charge in [0.1, 0.15) is 11.3 Å². The van der Waals surface area contributed by atoms with E-state index in [9.17, 15) is 13.2 Å². The molecule has 2 rings (SSSR count). The van der Waals surface area contributed by atoms with Crippen LogP contribution in [-0.4, -0.2) is 25.5 Å². The number of aldehydes is 1. The summed E-state index contributed by atoms with van der Waals surface area (Å²) in [4.78, 5) is 11.1. The number of thioether (sulfide) groups is 1. The van der Waals surface area contributed by atoms with Gasteiger partial charge in [0.2, 0.25) is 0 Å². The van der Waals surface area contributed by atoms with Crippen LogP contribution in [0.25, 0.3) is 5.57 Å². The fourth-order valence-corrected chi connectivity index (χ4v) is 3.88. The Morgan fingerprint density at radius 3 is 2.75 bits per heavy atom. The minimum absolute atomic E-state index is 0.0834. The Bertz CT molecular complexity index is 808. The highest BCUT2D eigenvalue weighted by Gasteiger charge is 2.20. The molecule has 0 radical (unpaired) electrons. The zero-order valence-electron chi connectivity index (χ0n) is 13.6. The molecule has 1 aliphatic rings. The fraction of sp³-hybridized carbons (Fsp3) is 0.294. The van der Waals surface area contributed by atoms with Crippen LogP contribution < -0.4 is 0 Å². The molecular weight excluding hydrogens is 346 g/mol. The van der Waals surface area contributed by atoms with Crippen molar-refractivity contribution in [3.05, 3.63) is 52.4 Å². The number of hydrogen-bond acceptors (Lipinski definition) is 6. The molecule has 128 valence electrons. The van der Waals surface area contributed by atoms with Crippen LogP contribution in [-0.2, 0) is 19.2 Å². The average molecular weight is 365 g/mol. The summed E-state index contributed by atoms with van der Waals surface area (Å²) in [5.41, 5.74) is 3.49. The van der Waals surface area contributed by atoms with Gasteiger partial charge >= 0.3 is 10.1 Å². The number of carbonyl (C=O) groups excluding carboxylic acids is 1. The maximum Gasteiger partial charge on any atom is 0.328 e. The lowest BCUT2D eigenvalue weighted by Crippen LogP contribution is -2.08. The Labute approximate surface area is 146 Å². The van der Waals surface area contributed by atoms with Gasteiger partial charge in [0.05, 0.1) is 5.75 Å². The van der Waals surface area contributed by atoms with Crippen LogP contribution >= 0.6 is 11.8 Å². The molecule has 0 spiro atoms. The molecule has 24 heavy (non-hydrogen) atoms. The highest BCUT2D eigenvalue weighted by atomic mass is 32.2. The number of hydrogen-bond donors (Lipinski definition) is 0. The summed E-state index contributed by atoms with van der Waals surface area (Å²) in [6.45, 7) is 3.72. The van der Waals surface area contributed by atoms with Crippen LogP contribution in [0, 0.1) is 6.92 Å². The third kappa shape index (κ3) is 4.58. The Morgan fingerprint density at radius 2 is 2.08 bits per heavy atom. The van der Waals surface area contributed by atoms with E-state index in [1.807, 2.05) is 37.3 Å². The predicted octanol–water partition coefficient (Wildman–Crippen LogP) is 3.67. The molecule has 0 fully saturated rings. The van der Waals surface area contributed by atoms with Gasteiger partial charge in [0, 0.05) is 12.0 Å². The molecule has 0 aromatic heterocycles. The molecule has 0 saturated heterocycles. The second kappa shape index (κ2) is 8.30. The number of nitrogens with zero attached hydrogens (tertiary/aromatic N) is 1. The molecule has 0 N–H and O–H groups in total. The molecule has 1 aromatic rings. The van der Waals surface area contributed by atoms with E-state index in [0.717, 1.165) is 23.0 Å². The standard InChI is InChI=1S/C17H19NO4S2/c1-3-12-24(20,21)22-18-17-16(9-11-23-17)15(8-10-19)14-7-5-4-6-13(14)2/h4-7,9-11H,3,8,12H2,1-2H3. The molecule has 7 heteroatoms. The van der Waals surface area contributed by atoms with Crippen LogP contribution in [0.15, 0.2) is 46.5 Å². The summed E-state index contributed by atoms with van der Waals surface area (Å²) < 4.78 is 28.1. The Kier molecular flexibility index (Phi) is 6.39. The lowest BCUT2D eigenvalue weighted by molar-refractivity contribution is -0.107. The first-order chi connectivity index (χ1) is 11.5. The molecule has 1 aliphatic heterocycles. The third-order valence-corrected chi connectivity index (χ3v) is 5.42. The van der Waals surface area contributed by atoms with Crippen LogP contribution in [0.2, 0.25) is 0 Å². The smallest absolute Gasteiger partial charge is 0.303 e. The summed E-state index contributed by atoms with van der Waals surface area (Å²) in [5, 5.41) is 6.05. The molecule has 0 aliphatic carbocycles. The van der Waals surface area contributed by atoms with Crippen molar-refractivity contribution in [3.8, 4) is 0 Å². The summed E-state index contributed by atoms with van der Waals surface area (Å²) in [7, 11) is -3.67. The first-order valence-corrected chi connectivity index (χ1v) is 10.00. The maximum absolute atomic E-state index is 11.7. The topological polar surface area (TPSA) is 72.8 Å². The van der Waals surface area contributed by atoms with Crippen molar-refractivity contribution in [2.75, 3.05) is 5.75 Å². The number of aryl methyl sites for hydroxylation is 1. The van der Waals surface area contributed by atoms with Crippen LogP contribution in [0.1, 0.15) is 30.9 Å². The normalized spacial score (nSPS) is 18.0. The van der Waals surface area contributed by atoms with Gasteiger partial charge in [-0.05, 0) is 41.5 Å². The Balaban J connectivity index is 2.44. The quantitative estimate of drug-likeness (QED) is 0.544. The monoisotopic (exact) mass is 365 g/mol. The van der Waals surface area contributed by atoms with E-state index in [1.54, 1.807) is 12.3 Å². The lowest BCUT2D eigenvalue weighted by Gasteiger charge is -2.11.